The van der Waals surface area contributed by atoms with E-state index in [-0.39, 0.29) is 31.9 Å². The molecular weight excluding hydrogens is 559 g/mol. The van der Waals surface area contributed by atoms with Crippen LogP contribution in [0.1, 0.15) is 34.3 Å². The highest BCUT2D eigenvalue weighted by atomic mass is 28.3. The van der Waals surface area contributed by atoms with Crippen LogP contribution in [0.4, 0.5) is 24.5 Å². The molecule has 0 bridgehead atoms. The number of ether oxygens (including phenoxy) is 1. The van der Waals surface area contributed by atoms with Crippen molar-refractivity contribution >= 4 is 41.9 Å². The summed E-state index contributed by atoms with van der Waals surface area (Å²) in [6, 6.07) is 5.99. The normalized spacial score (nSPS) is 21.0. The van der Waals surface area contributed by atoms with Gasteiger partial charge in [0.2, 0.25) is 0 Å². The summed E-state index contributed by atoms with van der Waals surface area (Å²) in [6.45, 7) is 9.01. The molecule has 6 nitrogen and oxygen atoms in total. The number of carboxylic acid groups (broad SMARTS) is 1. The molecule has 42 heavy (non-hydrogen) atoms. The van der Waals surface area contributed by atoms with E-state index in [0.29, 0.717) is 11.1 Å². The van der Waals surface area contributed by atoms with Gasteiger partial charge in [0, 0.05) is 55.1 Å². The van der Waals surface area contributed by atoms with Crippen LogP contribution in [0.5, 0.6) is 0 Å². The largest absolute Gasteiger partial charge is 0.545 e. The summed E-state index contributed by atoms with van der Waals surface area (Å²) in [5, 5.41) is 14.5. The fourth-order valence-electron chi connectivity index (χ4n) is 6.78. The first-order valence-corrected chi connectivity index (χ1v) is 17.6. The molecule has 0 atom stereocenters. The van der Waals surface area contributed by atoms with Gasteiger partial charge in [-0.3, -0.25) is 0 Å². The van der Waals surface area contributed by atoms with Gasteiger partial charge >= 0.3 is 0 Å². The minimum absolute atomic E-state index is 0.151. The van der Waals surface area contributed by atoms with Crippen LogP contribution < -0.4 is 20.1 Å². The van der Waals surface area contributed by atoms with Gasteiger partial charge in [-0.05, 0) is 51.7 Å². The molecule has 4 heterocycles. The zero-order valence-corrected chi connectivity index (χ0v) is 24.7. The number of benzene rings is 2. The molecule has 0 unspecified atom stereocenters. The lowest BCUT2D eigenvalue weighted by atomic mass is 9.85. The molecular formula is C32H32F3N3O3Si. The quantitative estimate of drug-likeness (QED) is 0.311. The second kappa shape index (κ2) is 9.98. The lowest BCUT2D eigenvalue weighted by Gasteiger charge is -2.40. The molecule has 0 saturated carbocycles. The van der Waals surface area contributed by atoms with Crippen molar-refractivity contribution < 1.29 is 32.4 Å². The van der Waals surface area contributed by atoms with Crippen LogP contribution in [0.2, 0.25) is 13.1 Å². The summed E-state index contributed by atoms with van der Waals surface area (Å²) >= 11 is 0. The van der Waals surface area contributed by atoms with Crippen molar-refractivity contribution in [2.75, 3.05) is 62.3 Å². The van der Waals surface area contributed by atoms with Crippen molar-refractivity contribution in [2.24, 2.45) is 0 Å². The Morgan fingerprint density at radius 2 is 1.69 bits per heavy atom. The molecule has 218 valence electrons. The predicted octanol–water partition coefficient (Wildman–Crippen LogP) is 3.14. The zero-order valence-electron chi connectivity index (χ0n) is 23.7. The minimum atomic E-state index is -2.43. The number of hydrogen-bond donors (Lipinski definition) is 0. The van der Waals surface area contributed by atoms with Gasteiger partial charge in [0.15, 0.2) is 23.2 Å². The SMILES string of the molecule is C[Si]1(C)C2=CC(=[N+]3CCC3)C=CC2=C(c2c(F)c(N3CCOCC3)c(F)c(F)c2C(=O)[O-])c2ccc(N3CCC3)cc21. The Bertz CT molecular complexity index is 1660. The highest BCUT2D eigenvalue weighted by Gasteiger charge is 2.43. The molecule has 1 aliphatic carbocycles. The Morgan fingerprint density at radius 3 is 2.31 bits per heavy atom. The highest BCUT2D eigenvalue weighted by molar-refractivity contribution is 6.98. The number of carbonyl (C=O) groups is 1. The number of fused-ring (bicyclic) bond motifs is 2. The number of halogens is 3. The van der Waals surface area contributed by atoms with Gasteiger partial charge in [-0.25, -0.2) is 17.7 Å². The summed E-state index contributed by atoms with van der Waals surface area (Å²) in [6.07, 6.45) is 8.21. The van der Waals surface area contributed by atoms with E-state index in [4.69, 9.17) is 4.74 Å². The molecule has 10 heteroatoms. The highest BCUT2D eigenvalue weighted by Crippen LogP contribution is 2.46. The number of rotatable bonds is 4. The van der Waals surface area contributed by atoms with Crippen molar-refractivity contribution in [2.45, 2.75) is 25.9 Å². The molecule has 0 spiro atoms. The monoisotopic (exact) mass is 591 g/mol. The molecule has 0 N–H and O–H groups in total. The van der Waals surface area contributed by atoms with Crippen molar-refractivity contribution in [1.29, 1.82) is 0 Å². The van der Waals surface area contributed by atoms with Gasteiger partial charge < -0.3 is 24.4 Å². The van der Waals surface area contributed by atoms with Crippen molar-refractivity contribution in [3.63, 3.8) is 0 Å². The fourth-order valence-corrected chi connectivity index (χ4v) is 9.85. The molecule has 2 aromatic carbocycles. The molecule has 2 aromatic rings. The summed E-state index contributed by atoms with van der Waals surface area (Å²) in [4.78, 5) is 16.1. The first-order chi connectivity index (χ1) is 20.2. The Morgan fingerprint density at radius 1 is 0.952 bits per heavy atom. The minimum Gasteiger partial charge on any atom is -0.545 e. The first-order valence-electron chi connectivity index (χ1n) is 14.6. The Kier molecular flexibility index (Phi) is 6.47. The molecule has 0 radical (unpaired) electrons. The maximum absolute atomic E-state index is 16.8. The second-order valence-corrected chi connectivity index (χ2v) is 16.4. The zero-order chi connectivity index (χ0) is 29.3. The van der Waals surface area contributed by atoms with E-state index in [0.717, 1.165) is 60.8 Å². The number of aromatic carboxylic acids is 1. The van der Waals surface area contributed by atoms with E-state index in [1.54, 1.807) is 0 Å². The van der Waals surface area contributed by atoms with E-state index in [9.17, 15) is 9.90 Å². The van der Waals surface area contributed by atoms with Gasteiger partial charge in [0.05, 0.1) is 25.6 Å². The van der Waals surface area contributed by atoms with Gasteiger partial charge in [-0.2, -0.15) is 0 Å². The van der Waals surface area contributed by atoms with Gasteiger partial charge in [-0.15, -0.1) is 0 Å². The average molecular weight is 592 g/mol. The van der Waals surface area contributed by atoms with Crippen molar-refractivity contribution in [3.05, 3.63) is 81.3 Å². The Hall–Kier alpha value is -3.63. The second-order valence-electron chi connectivity index (χ2n) is 12.1. The maximum Gasteiger partial charge on any atom is 0.199 e. The van der Waals surface area contributed by atoms with E-state index in [1.807, 2.05) is 24.3 Å². The number of anilines is 2. The first kappa shape index (κ1) is 27.2. The standard InChI is InChI=1S/C32H32F3N3O3Si/c1-42(2)23-17-19(36-9-3-10-36)5-7-21(23)25(22-8-6-20(18-24(22)42)37-11-4-12-37)26-27(32(39)40)28(33)30(35)31(29(26)34)38-13-15-41-16-14-38/h5-8,17-18H,3-4,9-16H2,1-2H3. The molecule has 4 aliphatic heterocycles. The maximum atomic E-state index is 16.8. The molecule has 0 amide bonds. The number of carboxylic acids is 1. The van der Waals surface area contributed by atoms with Crippen LogP contribution >= 0.6 is 0 Å². The Balaban J connectivity index is 1.55. The number of morpholine rings is 1. The molecule has 7 rings (SSSR count). The third kappa shape index (κ3) is 4.02. The van der Waals surface area contributed by atoms with E-state index < -0.39 is 48.3 Å². The lowest BCUT2D eigenvalue weighted by molar-refractivity contribution is -0.582. The van der Waals surface area contributed by atoms with Gasteiger partial charge in [0.25, 0.3) is 0 Å². The lowest BCUT2D eigenvalue weighted by Crippen LogP contribution is -2.50. The van der Waals surface area contributed by atoms with Crippen molar-refractivity contribution in [1.82, 2.24) is 0 Å². The third-order valence-corrected chi connectivity index (χ3v) is 12.9. The van der Waals surface area contributed by atoms with E-state index >= 15 is 13.2 Å². The summed E-state index contributed by atoms with van der Waals surface area (Å²) in [7, 11) is -2.43. The van der Waals surface area contributed by atoms with E-state index in [2.05, 4.69) is 34.7 Å². The van der Waals surface area contributed by atoms with Gasteiger partial charge in [-0.1, -0.05) is 19.2 Å². The predicted molar refractivity (Wildman–Crippen MR) is 157 cm³/mol. The van der Waals surface area contributed by atoms with E-state index in [1.165, 1.54) is 4.90 Å². The third-order valence-electron chi connectivity index (χ3n) is 9.41. The molecule has 3 saturated heterocycles. The fraction of sp³-hybridized carbons (Fsp3) is 0.375. The van der Waals surface area contributed by atoms with Crippen LogP contribution in [-0.2, 0) is 4.74 Å². The summed E-state index contributed by atoms with van der Waals surface area (Å²) < 4.78 is 55.7. The average Bonchev–Trinajstić information content (AvgIpc) is 2.91. The van der Waals surface area contributed by atoms with Crippen LogP contribution in [0.25, 0.3) is 5.57 Å². The number of allylic oxidation sites excluding steroid dienone is 5. The topological polar surface area (TPSA) is 58.9 Å². The van der Waals surface area contributed by atoms with Crippen molar-refractivity contribution in [3.8, 4) is 0 Å². The number of hydrogen-bond acceptors (Lipinski definition) is 5. The number of carbonyl (C=O) groups excluding carboxylic acids is 1. The Labute approximate surface area is 243 Å². The van der Waals surface area contributed by atoms with Crippen LogP contribution in [0.15, 0.2) is 47.2 Å². The molecule has 5 aliphatic rings. The molecule has 0 aromatic heterocycles. The smallest absolute Gasteiger partial charge is 0.199 e. The van der Waals surface area contributed by atoms with Gasteiger partial charge in [0.1, 0.15) is 26.9 Å². The molecule has 3 fully saturated rings. The van der Waals surface area contributed by atoms with Crippen LogP contribution in [0.3, 0.4) is 0 Å². The number of nitrogens with zero attached hydrogens (tertiary/aromatic N) is 3. The van der Waals surface area contributed by atoms with Crippen LogP contribution in [-0.4, -0.2) is 76.8 Å². The summed E-state index contributed by atoms with van der Waals surface area (Å²) in [5.41, 5.74) is 1.57. The van der Waals surface area contributed by atoms with Crippen LogP contribution in [0, 0.1) is 17.5 Å². The summed E-state index contributed by atoms with van der Waals surface area (Å²) in [5.74, 6) is -6.19.